The zero-order valence-corrected chi connectivity index (χ0v) is 26.0. The molecule has 0 radical (unpaired) electrons. The van der Waals surface area contributed by atoms with Crippen molar-refractivity contribution in [2.75, 3.05) is 0 Å². The number of rotatable bonds is 5. The molecule has 0 saturated heterocycles. The maximum Gasteiger partial charge on any atom is 0.164 e. The summed E-state index contributed by atoms with van der Waals surface area (Å²) in [7, 11) is 0. The van der Waals surface area contributed by atoms with Gasteiger partial charge in [-0.25, -0.2) is 19.9 Å². The second-order valence-corrected chi connectivity index (χ2v) is 12.5. The van der Waals surface area contributed by atoms with E-state index >= 15 is 0 Å². The van der Waals surface area contributed by atoms with E-state index in [0.717, 1.165) is 44.6 Å². The molecule has 0 aliphatic heterocycles. The van der Waals surface area contributed by atoms with Crippen molar-refractivity contribution in [2.24, 2.45) is 0 Å². The molecule has 220 valence electrons. The van der Waals surface area contributed by atoms with E-state index in [1.807, 2.05) is 72.0 Å². The molecular weight excluding hydrogens is 593 g/mol. The lowest BCUT2D eigenvalue weighted by atomic mass is 9.95. The van der Waals surface area contributed by atoms with Crippen LogP contribution in [0.5, 0.6) is 0 Å². The highest BCUT2D eigenvalue weighted by Gasteiger charge is 2.19. The van der Waals surface area contributed by atoms with Crippen LogP contribution in [-0.4, -0.2) is 19.9 Å². The van der Waals surface area contributed by atoms with Crippen LogP contribution < -0.4 is 0 Å². The van der Waals surface area contributed by atoms with E-state index in [1.165, 1.54) is 25.6 Å². The summed E-state index contributed by atoms with van der Waals surface area (Å²) in [5, 5.41) is 3.69. The molecular formula is C42H26N4S. The van der Waals surface area contributed by atoms with Gasteiger partial charge < -0.3 is 0 Å². The Bertz CT molecular complexity index is 2490. The minimum atomic E-state index is 0.641. The smallest absolute Gasteiger partial charge is 0.164 e. The first kappa shape index (κ1) is 27.3. The van der Waals surface area contributed by atoms with Gasteiger partial charge in [-0.15, -0.1) is 11.3 Å². The molecule has 0 bridgehead atoms. The fourth-order valence-electron chi connectivity index (χ4n) is 6.30. The zero-order chi connectivity index (χ0) is 31.2. The summed E-state index contributed by atoms with van der Waals surface area (Å²) in [5.74, 6) is 1.95. The molecule has 0 unspecified atom stereocenters. The minimum absolute atomic E-state index is 0.641. The number of hydrogen-bond donors (Lipinski definition) is 0. The molecule has 3 aromatic heterocycles. The number of nitrogens with zero attached hydrogens (tertiary/aromatic N) is 4. The number of pyridine rings is 1. The van der Waals surface area contributed by atoms with Crippen LogP contribution in [0, 0.1) is 0 Å². The van der Waals surface area contributed by atoms with Crippen molar-refractivity contribution in [3.05, 3.63) is 158 Å². The Morgan fingerprint density at radius 3 is 1.49 bits per heavy atom. The second kappa shape index (κ2) is 11.4. The van der Waals surface area contributed by atoms with Gasteiger partial charge in [0.25, 0.3) is 0 Å². The van der Waals surface area contributed by atoms with E-state index in [9.17, 15) is 0 Å². The van der Waals surface area contributed by atoms with E-state index in [0.29, 0.717) is 17.5 Å². The van der Waals surface area contributed by atoms with Crippen LogP contribution in [0.2, 0.25) is 0 Å². The number of thiophene rings is 1. The average Bonchev–Trinajstić information content (AvgIpc) is 3.55. The summed E-state index contributed by atoms with van der Waals surface area (Å²) in [4.78, 5) is 20.0. The quantitative estimate of drug-likeness (QED) is 0.193. The van der Waals surface area contributed by atoms with E-state index in [2.05, 4.69) is 97.1 Å². The Labute approximate surface area is 275 Å². The molecule has 0 spiro atoms. The van der Waals surface area contributed by atoms with Gasteiger partial charge in [0.2, 0.25) is 0 Å². The highest BCUT2D eigenvalue weighted by Crippen LogP contribution is 2.45. The van der Waals surface area contributed by atoms with Gasteiger partial charge in [-0.3, -0.25) is 0 Å². The van der Waals surface area contributed by atoms with Crippen molar-refractivity contribution in [3.8, 4) is 56.5 Å². The highest BCUT2D eigenvalue weighted by molar-refractivity contribution is 7.26. The topological polar surface area (TPSA) is 51.6 Å². The molecule has 4 nitrogen and oxygen atoms in total. The Balaban J connectivity index is 1.21. The molecule has 3 heterocycles. The Morgan fingerprint density at radius 2 is 0.872 bits per heavy atom. The maximum atomic E-state index is 5.28. The fraction of sp³-hybridized carbons (Fsp3) is 0. The summed E-state index contributed by atoms with van der Waals surface area (Å²) in [6.45, 7) is 0. The lowest BCUT2D eigenvalue weighted by molar-refractivity contribution is 1.07. The number of benzene rings is 6. The first-order chi connectivity index (χ1) is 23.3. The second-order valence-electron chi connectivity index (χ2n) is 11.4. The van der Waals surface area contributed by atoms with Crippen molar-refractivity contribution < 1.29 is 0 Å². The standard InChI is InChI=1S/C42H26N4S/c1-4-13-28(14-5-1)38-39-37(33-19-10-11-22-35(33)47-39)36-32(20-12-21-34(36)43-38)27-23-25-31(26-24-27)42-45-40(29-15-6-2-7-16-29)44-41(46-42)30-17-8-3-9-18-30/h1-26H. The lowest BCUT2D eigenvalue weighted by Crippen LogP contribution is -2.00. The van der Waals surface area contributed by atoms with E-state index in [1.54, 1.807) is 0 Å². The highest BCUT2D eigenvalue weighted by atomic mass is 32.1. The fourth-order valence-corrected chi connectivity index (χ4v) is 7.52. The van der Waals surface area contributed by atoms with Crippen molar-refractivity contribution in [1.82, 2.24) is 19.9 Å². The molecule has 9 aromatic rings. The van der Waals surface area contributed by atoms with Gasteiger partial charge in [-0.05, 0) is 23.3 Å². The first-order valence-corrected chi connectivity index (χ1v) is 16.4. The molecule has 47 heavy (non-hydrogen) atoms. The number of hydrogen-bond acceptors (Lipinski definition) is 5. The van der Waals surface area contributed by atoms with Gasteiger partial charge in [0, 0.05) is 43.1 Å². The maximum absolute atomic E-state index is 5.28. The molecule has 6 aromatic carbocycles. The van der Waals surface area contributed by atoms with Crippen molar-refractivity contribution in [3.63, 3.8) is 0 Å². The van der Waals surface area contributed by atoms with Gasteiger partial charge >= 0.3 is 0 Å². The minimum Gasteiger partial charge on any atom is -0.246 e. The van der Waals surface area contributed by atoms with E-state index in [-0.39, 0.29) is 0 Å². The third-order valence-electron chi connectivity index (χ3n) is 8.54. The first-order valence-electron chi connectivity index (χ1n) is 15.6. The van der Waals surface area contributed by atoms with Crippen LogP contribution in [0.1, 0.15) is 0 Å². The van der Waals surface area contributed by atoms with Crippen LogP contribution in [0.3, 0.4) is 0 Å². The van der Waals surface area contributed by atoms with Gasteiger partial charge in [0.05, 0.1) is 15.9 Å². The molecule has 0 amide bonds. The lowest BCUT2D eigenvalue weighted by Gasteiger charge is -2.12. The molecule has 0 N–H and O–H groups in total. The third-order valence-corrected chi connectivity index (χ3v) is 9.71. The number of fused-ring (bicyclic) bond motifs is 5. The van der Waals surface area contributed by atoms with Crippen LogP contribution in [0.4, 0.5) is 0 Å². The van der Waals surface area contributed by atoms with Crippen molar-refractivity contribution in [2.45, 2.75) is 0 Å². The molecule has 0 fully saturated rings. The summed E-state index contributed by atoms with van der Waals surface area (Å²) >= 11 is 1.82. The molecule has 0 saturated carbocycles. The van der Waals surface area contributed by atoms with Crippen molar-refractivity contribution >= 4 is 42.4 Å². The van der Waals surface area contributed by atoms with Crippen LogP contribution in [0.15, 0.2) is 158 Å². The van der Waals surface area contributed by atoms with Crippen molar-refractivity contribution in [1.29, 1.82) is 0 Å². The normalized spacial score (nSPS) is 11.4. The van der Waals surface area contributed by atoms with E-state index < -0.39 is 0 Å². The summed E-state index contributed by atoms with van der Waals surface area (Å²) in [6.07, 6.45) is 0. The van der Waals surface area contributed by atoms with Gasteiger partial charge in [-0.1, -0.05) is 146 Å². The molecule has 0 atom stereocenters. The summed E-state index contributed by atoms with van der Waals surface area (Å²) < 4.78 is 2.47. The van der Waals surface area contributed by atoms with E-state index in [4.69, 9.17) is 19.9 Å². The Kier molecular flexibility index (Phi) is 6.61. The Hall–Kier alpha value is -6.04. The SMILES string of the molecule is c1ccc(-c2nc(-c3ccccc3)nc(-c3ccc(-c4cccc5nc(-c6ccccc6)c6sc7ccccc7c6c45)cc3)n2)cc1. The zero-order valence-electron chi connectivity index (χ0n) is 25.2. The number of aromatic nitrogens is 4. The van der Waals surface area contributed by atoms with Crippen LogP contribution in [-0.2, 0) is 0 Å². The Morgan fingerprint density at radius 1 is 0.362 bits per heavy atom. The van der Waals surface area contributed by atoms with Crippen LogP contribution in [0.25, 0.3) is 87.6 Å². The molecule has 5 heteroatoms. The van der Waals surface area contributed by atoms with Gasteiger partial charge in [0.1, 0.15) is 0 Å². The summed E-state index contributed by atoms with van der Waals surface area (Å²) in [6, 6.07) is 54.3. The molecule has 0 aliphatic carbocycles. The predicted octanol–water partition coefficient (Wildman–Crippen LogP) is 11.1. The van der Waals surface area contributed by atoms with Crippen LogP contribution >= 0.6 is 11.3 Å². The van der Waals surface area contributed by atoms with Gasteiger partial charge in [-0.2, -0.15) is 0 Å². The van der Waals surface area contributed by atoms with Gasteiger partial charge in [0.15, 0.2) is 17.5 Å². The predicted molar refractivity (Wildman–Crippen MR) is 195 cm³/mol. The largest absolute Gasteiger partial charge is 0.246 e. The molecule has 0 aliphatic rings. The summed E-state index contributed by atoms with van der Waals surface area (Å²) in [5.41, 5.74) is 8.25. The average molecular weight is 619 g/mol. The third kappa shape index (κ3) is 4.85. The monoisotopic (exact) mass is 618 g/mol. The molecule has 9 rings (SSSR count).